The van der Waals surface area contributed by atoms with Crippen LogP contribution in [0, 0.1) is 29.1 Å². The Morgan fingerprint density at radius 1 is 1.09 bits per heavy atom. The molecule has 3 fully saturated rings. The summed E-state index contributed by atoms with van der Waals surface area (Å²) in [4.78, 5) is 25.6. The van der Waals surface area contributed by atoms with Gasteiger partial charge < -0.3 is 20.5 Å². The third kappa shape index (κ3) is 5.42. The predicted octanol–water partition coefficient (Wildman–Crippen LogP) is 4.07. The monoisotopic (exact) mass is 470 g/mol. The molecule has 1 aromatic rings. The van der Waals surface area contributed by atoms with Crippen molar-refractivity contribution in [3.05, 3.63) is 30.3 Å². The summed E-state index contributed by atoms with van der Waals surface area (Å²) in [5.41, 5.74) is 0.0404. The smallest absolute Gasteiger partial charge is 0.258 e. The number of rotatable bonds is 7. The van der Waals surface area contributed by atoms with E-state index in [9.17, 15) is 14.7 Å². The van der Waals surface area contributed by atoms with E-state index in [4.69, 9.17) is 4.74 Å². The number of aliphatic hydroxyl groups excluding tert-OH is 1. The molecule has 0 aliphatic heterocycles. The topological polar surface area (TPSA) is 87.7 Å². The van der Waals surface area contributed by atoms with Crippen LogP contribution < -0.4 is 15.4 Å². The molecule has 3 saturated carbocycles. The summed E-state index contributed by atoms with van der Waals surface area (Å²) >= 11 is 0. The maximum atomic E-state index is 13.0. The Kier molecular flexibility index (Phi) is 7.86. The molecule has 6 heteroatoms. The molecule has 0 radical (unpaired) electrons. The van der Waals surface area contributed by atoms with E-state index in [1.54, 1.807) is 0 Å². The Morgan fingerprint density at radius 3 is 2.47 bits per heavy atom. The summed E-state index contributed by atoms with van der Waals surface area (Å²) < 4.78 is 5.62. The minimum Gasteiger partial charge on any atom is -0.484 e. The van der Waals surface area contributed by atoms with Crippen molar-refractivity contribution in [2.75, 3.05) is 6.61 Å². The van der Waals surface area contributed by atoms with Gasteiger partial charge >= 0.3 is 0 Å². The molecule has 2 amide bonds. The third-order valence-electron chi connectivity index (χ3n) is 9.10. The molecule has 6 nitrogen and oxygen atoms in total. The van der Waals surface area contributed by atoms with Crippen molar-refractivity contribution in [3.63, 3.8) is 0 Å². The summed E-state index contributed by atoms with van der Waals surface area (Å²) in [6.07, 6.45) is 7.74. The van der Waals surface area contributed by atoms with Crippen LogP contribution in [0.1, 0.15) is 72.1 Å². The quantitative estimate of drug-likeness (QED) is 0.561. The van der Waals surface area contributed by atoms with Crippen molar-refractivity contribution in [1.82, 2.24) is 10.6 Å². The Bertz CT molecular complexity index is 840. The van der Waals surface area contributed by atoms with Gasteiger partial charge in [0.2, 0.25) is 5.91 Å². The average Bonchev–Trinajstić information content (AvgIpc) is 3.33. The fourth-order valence-corrected chi connectivity index (χ4v) is 7.01. The maximum absolute atomic E-state index is 13.0. The molecule has 3 aliphatic carbocycles. The van der Waals surface area contributed by atoms with E-state index in [-0.39, 0.29) is 53.5 Å². The van der Waals surface area contributed by atoms with Crippen molar-refractivity contribution in [2.45, 2.75) is 90.3 Å². The van der Waals surface area contributed by atoms with Crippen molar-refractivity contribution in [3.8, 4) is 5.75 Å². The van der Waals surface area contributed by atoms with Crippen LogP contribution in [-0.4, -0.2) is 41.7 Å². The van der Waals surface area contributed by atoms with E-state index < -0.39 is 6.10 Å². The number of carbonyl (C=O) groups excluding carboxylic acids is 2. The summed E-state index contributed by atoms with van der Waals surface area (Å²) in [7, 11) is 0. The average molecular weight is 471 g/mol. The van der Waals surface area contributed by atoms with E-state index in [1.807, 2.05) is 37.3 Å². The van der Waals surface area contributed by atoms with Gasteiger partial charge in [0.05, 0.1) is 6.10 Å². The SMILES string of the molecule is C[C@H]1[C@@H]2[C@@H](O)[C@H]([C@H](C)C(=O)NC3CCCC3)CC[C@@]2(C)CC[C@@H]1NC(=O)COc1ccccc1. The number of hydrogen-bond acceptors (Lipinski definition) is 4. The number of fused-ring (bicyclic) bond motifs is 1. The molecule has 0 spiro atoms. The Morgan fingerprint density at radius 2 is 1.76 bits per heavy atom. The highest BCUT2D eigenvalue weighted by atomic mass is 16.5. The van der Waals surface area contributed by atoms with E-state index in [0.29, 0.717) is 11.8 Å². The van der Waals surface area contributed by atoms with Gasteiger partial charge in [0.1, 0.15) is 5.75 Å². The van der Waals surface area contributed by atoms with Gasteiger partial charge in [-0.3, -0.25) is 9.59 Å². The van der Waals surface area contributed by atoms with E-state index in [2.05, 4.69) is 24.5 Å². The highest BCUT2D eigenvalue weighted by Crippen LogP contribution is 2.55. The van der Waals surface area contributed by atoms with Crippen LogP contribution in [0.2, 0.25) is 0 Å². The molecule has 7 atom stereocenters. The van der Waals surface area contributed by atoms with Crippen LogP contribution in [0.25, 0.3) is 0 Å². The number of benzene rings is 1. The molecule has 34 heavy (non-hydrogen) atoms. The van der Waals surface area contributed by atoms with E-state index >= 15 is 0 Å². The Labute approximate surface area is 204 Å². The van der Waals surface area contributed by atoms with Crippen molar-refractivity contribution in [1.29, 1.82) is 0 Å². The minimum absolute atomic E-state index is 0.000898. The molecule has 188 valence electrons. The van der Waals surface area contributed by atoms with Crippen LogP contribution >= 0.6 is 0 Å². The zero-order valence-electron chi connectivity index (χ0n) is 21.0. The van der Waals surface area contributed by atoms with Crippen molar-refractivity contribution < 1.29 is 19.4 Å². The van der Waals surface area contributed by atoms with Crippen molar-refractivity contribution in [2.24, 2.45) is 29.1 Å². The zero-order valence-corrected chi connectivity index (χ0v) is 21.0. The highest BCUT2D eigenvalue weighted by Gasteiger charge is 2.53. The third-order valence-corrected chi connectivity index (χ3v) is 9.10. The van der Waals surface area contributed by atoms with Gasteiger partial charge in [-0.1, -0.05) is 51.8 Å². The molecule has 4 rings (SSSR count). The number of carbonyl (C=O) groups is 2. The number of aliphatic hydroxyl groups is 1. The van der Waals surface area contributed by atoms with E-state index in [1.165, 1.54) is 12.8 Å². The number of para-hydroxylation sites is 1. The summed E-state index contributed by atoms with van der Waals surface area (Å²) in [5.74, 6) is 0.572. The first-order chi connectivity index (χ1) is 16.3. The second-order valence-electron chi connectivity index (χ2n) is 11.3. The van der Waals surface area contributed by atoms with Crippen LogP contribution in [0.3, 0.4) is 0 Å². The van der Waals surface area contributed by atoms with Gasteiger partial charge in [0, 0.05) is 18.0 Å². The van der Waals surface area contributed by atoms with E-state index in [0.717, 1.165) is 38.5 Å². The molecule has 3 aliphatic rings. The number of ether oxygens (including phenoxy) is 1. The van der Waals surface area contributed by atoms with Gasteiger partial charge in [-0.25, -0.2) is 0 Å². The first-order valence-corrected chi connectivity index (χ1v) is 13.2. The van der Waals surface area contributed by atoms with Gasteiger partial charge in [-0.2, -0.15) is 0 Å². The number of amides is 2. The normalized spacial score (nSPS) is 34.6. The summed E-state index contributed by atoms with van der Waals surface area (Å²) in [6.45, 7) is 6.40. The van der Waals surface area contributed by atoms with Gasteiger partial charge in [0.15, 0.2) is 6.61 Å². The molecule has 1 aromatic carbocycles. The number of hydrogen-bond donors (Lipinski definition) is 3. The number of nitrogens with one attached hydrogen (secondary N) is 2. The second kappa shape index (κ2) is 10.7. The van der Waals surface area contributed by atoms with Crippen LogP contribution in [0.5, 0.6) is 5.75 Å². The van der Waals surface area contributed by atoms with Crippen molar-refractivity contribution >= 4 is 11.8 Å². The molecule has 0 saturated heterocycles. The Balaban J connectivity index is 1.37. The fraction of sp³-hybridized carbons (Fsp3) is 0.714. The molecular weight excluding hydrogens is 428 g/mol. The molecule has 0 heterocycles. The molecule has 0 unspecified atom stereocenters. The summed E-state index contributed by atoms with van der Waals surface area (Å²) in [6, 6.07) is 9.65. The van der Waals surface area contributed by atoms with Crippen LogP contribution in [0.4, 0.5) is 0 Å². The lowest BCUT2D eigenvalue weighted by atomic mass is 9.51. The minimum atomic E-state index is -0.543. The maximum Gasteiger partial charge on any atom is 0.258 e. The lowest BCUT2D eigenvalue weighted by Crippen LogP contribution is -2.59. The first-order valence-electron chi connectivity index (χ1n) is 13.2. The Hall–Kier alpha value is -2.08. The second-order valence-corrected chi connectivity index (χ2v) is 11.3. The first kappa shape index (κ1) is 25.0. The zero-order chi connectivity index (χ0) is 24.3. The standard InChI is InChI=1S/C28H42N2O4/c1-18(27(33)29-20-9-7-8-10-20)22-13-15-28(3)16-14-23(19(2)25(28)26(22)32)30-24(31)17-34-21-11-5-4-6-12-21/h4-6,11-12,18-20,22-23,25-26,32H,7-10,13-17H2,1-3H3,(H,29,33)(H,30,31)/t18-,19+,22-,23-,25+,26-,28-/m0/s1. The highest BCUT2D eigenvalue weighted by molar-refractivity contribution is 5.79. The molecule has 0 aromatic heterocycles. The predicted molar refractivity (Wildman–Crippen MR) is 132 cm³/mol. The van der Waals surface area contributed by atoms with Gasteiger partial charge in [-0.15, -0.1) is 0 Å². The molecular formula is C28H42N2O4. The van der Waals surface area contributed by atoms with Gasteiger partial charge in [-0.05, 0) is 73.8 Å². The fourth-order valence-electron chi connectivity index (χ4n) is 7.01. The van der Waals surface area contributed by atoms with Gasteiger partial charge in [0.25, 0.3) is 5.91 Å². The lowest BCUT2D eigenvalue weighted by Gasteiger charge is -2.56. The molecule has 3 N–H and O–H groups in total. The van der Waals surface area contributed by atoms with Crippen LogP contribution in [0.15, 0.2) is 30.3 Å². The largest absolute Gasteiger partial charge is 0.484 e. The summed E-state index contributed by atoms with van der Waals surface area (Å²) in [5, 5.41) is 18.0. The van der Waals surface area contributed by atoms with Crippen LogP contribution in [-0.2, 0) is 9.59 Å². The molecule has 0 bridgehead atoms. The lowest BCUT2D eigenvalue weighted by molar-refractivity contribution is -0.144.